The van der Waals surface area contributed by atoms with Gasteiger partial charge in [0.1, 0.15) is 5.82 Å². The molecular weight excluding hydrogens is 410 g/mol. The predicted octanol–water partition coefficient (Wildman–Crippen LogP) is 3.21. The Morgan fingerprint density at radius 3 is 2.19 bits per heavy atom. The van der Waals surface area contributed by atoms with Crippen LogP contribution in [0.25, 0.3) is 6.08 Å². The summed E-state index contributed by atoms with van der Waals surface area (Å²) in [5.74, 6) is 1.69. The van der Waals surface area contributed by atoms with Gasteiger partial charge in [0, 0.05) is 56.4 Å². The molecule has 0 saturated carbocycles. The zero-order chi connectivity index (χ0) is 21.8. The number of piperazine rings is 1. The SMILES string of the molecule is Cc1ccc(/C=C/S(=O)(=O)N2CCN(c3nc(C)cc(N4CCCCC4)n3)CC2)cc1. The smallest absolute Gasteiger partial charge is 0.236 e. The van der Waals surface area contributed by atoms with E-state index >= 15 is 0 Å². The lowest BCUT2D eigenvalue weighted by molar-refractivity contribution is 0.387. The highest BCUT2D eigenvalue weighted by Crippen LogP contribution is 2.22. The number of nitrogens with zero attached hydrogens (tertiary/aromatic N) is 5. The van der Waals surface area contributed by atoms with E-state index in [0.29, 0.717) is 32.1 Å². The molecule has 0 aliphatic carbocycles. The summed E-state index contributed by atoms with van der Waals surface area (Å²) in [4.78, 5) is 13.9. The average Bonchev–Trinajstić information content (AvgIpc) is 2.79. The summed E-state index contributed by atoms with van der Waals surface area (Å²) in [5.41, 5.74) is 2.98. The van der Waals surface area contributed by atoms with E-state index in [1.54, 1.807) is 6.08 Å². The Kier molecular flexibility index (Phi) is 6.57. The minimum atomic E-state index is -3.45. The van der Waals surface area contributed by atoms with E-state index in [9.17, 15) is 8.42 Å². The first-order valence-electron chi connectivity index (χ1n) is 11.0. The van der Waals surface area contributed by atoms with Crippen LogP contribution in [-0.4, -0.2) is 62.0 Å². The van der Waals surface area contributed by atoms with Gasteiger partial charge < -0.3 is 9.80 Å². The lowest BCUT2D eigenvalue weighted by Crippen LogP contribution is -2.48. The summed E-state index contributed by atoms with van der Waals surface area (Å²) in [6.45, 7) is 8.10. The van der Waals surface area contributed by atoms with Crippen molar-refractivity contribution in [1.82, 2.24) is 14.3 Å². The van der Waals surface area contributed by atoms with Crippen molar-refractivity contribution in [2.45, 2.75) is 33.1 Å². The molecule has 8 heteroatoms. The second-order valence-electron chi connectivity index (χ2n) is 8.36. The number of aryl methyl sites for hydroxylation is 2. The summed E-state index contributed by atoms with van der Waals surface area (Å²) in [6, 6.07) is 9.85. The molecule has 0 radical (unpaired) electrons. The number of hydrogen-bond donors (Lipinski definition) is 0. The van der Waals surface area contributed by atoms with Crippen LogP contribution >= 0.6 is 0 Å². The van der Waals surface area contributed by atoms with Gasteiger partial charge in [-0.2, -0.15) is 9.29 Å². The van der Waals surface area contributed by atoms with E-state index in [0.717, 1.165) is 35.7 Å². The number of sulfonamides is 1. The maximum absolute atomic E-state index is 12.8. The van der Waals surface area contributed by atoms with E-state index in [-0.39, 0.29) is 0 Å². The van der Waals surface area contributed by atoms with E-state index in [1.165, 1.54) is 29.0 Å². The highest BCUT2D eigenvalue weighted by molar-refractivity contribution is 7.92. The monoisotopic (exact) mass is 441 g/mol. The lowest BCUT2D eigenvalue weighted by atomic mass is 10.1. The molecule has 0 atom stereocenters. The Bertz CT molecular complexity index is 1020. The zero-order valence-electron chi connectivity index (χ0n) is 18.4. The van der Waals surface area contributed by atoms with Gasteiger partial charge in [-0.3, -0.25) is 0 Å². The minimum absolute atomic E-state index is 0.428. The van der Waals surface area contributed by atoms with E-state index < -0.39 is 10.0 Å². The summed E-state index contributed by atoms with van der Waals surface area (Å²) in [7, 11) is -3.45. The molecule has 0 spiro atoms. The molecule has 2 saturated heterocycles. The maximum Gasteiger partial charge on any atom is 0.236 e. The Morgan fingerprint density at radius 2 is 1.52 bits per heavy atom. The second-order valence-corrected chi connectivity index (χ2v) is 10.2. The summed E-state index contributed by atoms with van der Waals surface area (Å²) in [6.07, 6.45) is 5.34. The fourth-order valence-corrected chi connectivity index (χ4v) is 5.21. The third kappa shape index (κ3) is 5.43. The number of aromatic nitrogens is 2. The molecule has 0 amide bonds. The molecule has 7 nitrogen and oxygen atoms in total. The van der Waals surface area contributed by atoms with Gasteiger partial charge in [-0.25, -0.2) is 13.4 Å². The molecular formula is C23H31N5O2S. The van der Waals surface area contributed by atoms with Gasteiger partial charge in [0.25, 0.3) is 0 Å². The fraction of sp³-hybridized carbons (Fsp3) is 0.478. The Balaban J connectivity index is 1.41. The highest BCUT2D eigenvalue weighted by Gasteiger charge is 2.27. The molecule has 0 N–H and O–H groups in total. The van der Waals surface area contributed by atoms with Crippen LogP contribution in [0.5, 0.6) is 0 Å². The number of hydrogen-bond acceptors (Lipinski definition) is 6. The molecule has 2 aliphatic heterocycles. The molecule has 166 valence electrons. The first-order chi connectivity index (χ1) is 14.9. The Morgan fingerprint density at radius 1 is 0.839 bits per heavy atom. The van der Waals surface area contributed by atoms with E-state index in [4.69, 9.17) is 4.98 Å². The second kappa shape index (κ2) is 9.36. The minimum Gasteiger partial charge on any atom is -0.356 e. The normalized spacial score (nSPS) is 18.6. The standard InChI is InChI=1S/C23H31N5O2S/c1-19-6-8-21(9-7-19)10-17-31(29,30)28-15-13-27(14-16-28)23-24-20(2)18-22(25-23)26-11-4-3-5-12-26/h6-10,17-18H,3-5,11-16H2,1-2H3/b17-10+. The third-order valence-corrected chi connectivity index (χ3v) is 7.47. The van der Waals surface area contributed by atoms with Crippen LogP contribution in [0.1, 0.15) is 36.1 Å². The fourth-order valence-electron chi connectivity index (χ4n) is 4.03. The summed E-state index contributed by atoms with van der Waals surface area (Å²) in [5, 5.41) is 1.31. The maximum atomic E-state index is 12.8. The van der Waals surface area contributed by atoms with Gasteiger partial charge in [-0.15, -0.1) is 0 Å². The van der Waals surface area contributed by atoms with Gasteiger partial charge in [-0.05, 0) is 44.7 Å². The molecule has 2 aliphatic rings. The van der Waals surface area contributed by atoms with Crippen molar-refractivity contribution >= 4 is 27.9 Å². The lowest BCUT2D eigenvalue weighted by Gasteiger charge is -2.34. The summed E-state index contributed by atoms with van der Waals surface area (Å²) >= 11 is 0. The van der Waals surface area contributed by atoms with Crippen LogP contribution in [0, 0.1) is 13.8 Å². The molecule has 0 bridgehead atoms. The molecule has 31 heavy (non-hydrogen) atoms. The van der Waals surface area contributed by atoms with Gasteiger partial charge in [0.15, 0.2) is 0 Å². The number of anilines is 2. The van der Waals surface area contributed by atoms with Crippen molar-refractivity contribution < 1.29 is 8.42 Å². The topological polar surface area (TPSA) is 69.6 Å². The molecule has 4 rings (SSSR count). The van der Waals surface area contributed by atoms with Crippen LogP contribution in [-0.2, 0) is 10.0 Å². The first kappa shape index (κ1) is 21.8. The molecule has 0 unspecified atom stereocenters. The molecule has 1 aromatic heterocycles. The molecule has 3 heterocycles. The predicted molar refractivity (Wildman–Crippen MR) is 126 cm³/mol. The van der Waals surface area contributed by atoms with Crippen LogP contribution < -0.4 is 9.80 Å². The van der Waals surface area contributed by atoms with Crippen molar-refractivity contribution in [2.75, 3.05) is 49.1 Å². The van der Waals surface area contributed by atoms with Crippen molar-refractivity contribution in [3.8, 4) is 0 Å². The van der Waals surface area contributed by atoms with Gasteiger partial charge in [-0.1, -0.05) is 29.8 Å². The third-order valence-electron chi connectivity index (χ3n) is 5.90. The average molecular weight is 442 g/mol. The highest BCUT2D eigenvalue weighted by atomic mass is 32.2. The number of benzene rings is 1. The van der Waals surface area contributed by atoms with Gasteiger partial charge in [0.05, 0.1) is 0 Å². The van der Waals surface area contributed by atoms with Gasteiger partial charge >= 0.3 is 0 Å². The molecule has 2 aromatic rings. The van der Waals surface area contributed by atoms with Crippen LogP contribution in [0.4, 0.5) is 11.8 Å². The largest absolute Gasteiger partial charge is 0.356 e. The van der Waals surface area contributed by atoms with Crippen molar-refractivity contribution in [1.29, 1.82) is 0 Å². The van der Waals surface area contributed by atoms with Gasteiger partial charge in [0.2, 0.25) is 16.0 Å². The van der Waals surface area contributed by atoms with Crippen molar-refractivity contribution in [3.63, 3.8) is 0 Å². The van der Waals surface area contributed by atoms with Crippen LogP contribution in [0.2, 0.25) is 0 Å². The zero-order valence-corrected chi connectivity index (χ0v) is 19.2. The Hall–Kier alpha value is -2.45. The quantitative estimate of drug-likeness (QED) is 0.710. The number of piperidine rings is 1. The van der Waals surface area contributed by atoms with E-state index in [2.05, 4.69) is 14.8 Å². The molecule has 2 fully saturated rings. The van der Waals surface area contributed by atoms with E-state index in [1.807, 2.05) is 44.2 Å². The molecule has 1 aromatic carbocycles. The number of rotatable bonds is 5. The Labute approximate surface area is 185 Å². The first-order valence-corrected chi connectivity index (χ1v) is 12.5. The van der Waals surface area contributed by atoms with Crippen LogP contribution in [0.15, 0.2) is 35.7 Å². The van der Waals surface area contributed by atoms with Crippen molar-refractivity contribution in [3.05, 3.63) is 52.6 Å². The van der Waals surface area contributed by atoms with Crippen LogP contribution in [0.3, 0.4) is 0 Å². The van der Waals surface area contributed by atoms with Crippen molar-refractivity contribution in [2.24, 2.45) is 0 Å². The summed E-state index contributed by atoms with van der Waals surface area (Å²) < 4.78 is 27.1.